The molecule has 0 aliphatic rings. The van der Waals surface area contributed by atoms with Crippen molar-refractivity contribution in [2.75, 3.05) is 6.26 Å². The third-order valence-corrected chi connectivity index (χ3v) is 5.82. The lowest BCUT2D eigenvalue weighted by molar-refractivity contribution is 0.470. The number of hydrogen-bond donors (Lipinski definition) is 1. The van der Waals surface area contributed by atoms with E-state index in [1.54, 1.807) is 6.07 Å². The summed E-state index contributed by atoms with van der Waals surface area (Å²) in [6, 6.07) is 5.11. The highest BCUT2D eigenvalue weighted by atomic mass is 32.2. The Bertz CT molecular complexity index is 618. The lowest BCUT2D eigenvalue weighted by Gasteiger charge is -2.30. The molecule has 5 heteroatoms. The Morgan fingerprint density at radius 3 is 2.63 bits per heavy atom. The van der Waals surface area contributed by atoms with Crippen LogP contribution in [0.1, 0.15) is 26.7 Å². The summed E-state index contributed by atoms with van der Waals surface area (Å²) in [6.07, 6.45) is 4.26. The molecule has 0 spiro atoms. The van der Waals surface area contributed by atoms with Gasteiger partial charge in [-0.15, -0.1) is 0 Å². The summed E-state index contributed by atoms with van der Waals surface area (Å²) < 4.78 is 16.5. The second kappa shape index (κ2) is 5.67. The predicted octanol–water partition coefficient (Wildman–Crippen LogP) is 4.76. The van der Waals surface area contributed by atoms with E-state index in [1.807, 2.05) is 22.4 Å². The molecule has 0 saturated heterocycles. The summed E-state index contributed by atoms with van der Waals surface area (Å²) in [4.78, 5) is 2.98. The van der Waals surface area contributed by atoms with Gasteiger partial charge in [-0.25, -0.2) is 4.39 Å². The zero-order valence-corrected chi connectivity index (χ0v) is 13.1. The third-order valence-electron chi connectivity index (χ3n) is 3.93. The van der Waals surface area contributed by atoms with Crippen LogP contribution in [0.25, 0.3) is 11.0 Å². The van der Waals surface area contributed by atoms with Crippen molar-refractivity contribution in [3.8, 4) is 0 Å². The summed E-state index contributed by atoms with van der Waals surface area (Å²) in [6.45, 7) is 5.20. The van der Waals surface area contributed by atoms with Gasteiger partial charge in [0, 0.05) is 11.3 Å². The van der Waals surface area contributed by atoms with Gasteiger partial charge < -0.3 is 9.55 Å². The number of H-pyrrole nitrogens is 1. The molecule has 2 aromatic rings. The summed E-state index contributed by atoms with van der Waals surface area (Å²) in [5.41, 5.74) is 1.36. The van der Waals surface area contributed by atoms with E-state index >= 15 is 0 Å². The van der Waals surface area contributed by atoms with Gasteiger partial charge in [-0.1, -0.05) is 19.9 Å². The highest BCUT2D eigenvalue weighted by molar-refractivity contribution is 8.00. The lowest BCUT2D eigenvalue weighted by Crippen LogP contribution is -2.29. The third kappa shape index (κ3) is 2.58. The van der Waals surface area contributed by atoms with E-state index in [9.17, 15) is 4.39 Å². The molecule has 104 valence electrons. The minimum Gasteiger partial charge on any atom is -0.328 e. The molecular formula is C14H19FN2S2. The zero-order valence-electron chi connectivity index (χ0n) is 11.5. The van der Waals surface area contributed by atoms with Crippen LogP contribution in [0.5, 0.6) is 0 Å². The number of rotatable bonds is 5. The number of halogens is 1. The van der Waals surface area contributed by atoms with E-state index in [4.69, 9.17) is 12.2 Å². The van der Waals surface area contributed by atoms with Crippen molar-refractivity contribution in [3.05, 3.63) is 28.8 Å². The molecule has 2 nitrogen and oxygen atoms in total. The molecule has 1 heterocycles. The zero-order chi connectivity index (χ0) is 14.0. The molecule has 1 aromatic heterocycles. The monoisotopic (exact) mass is 298 g/mol. The largest absolute Gasteiger partial charge is 0.328 e. The average molecular weight is 298 g/mol. The Labute approximate surface area is 122 Å². The van der Waals surface area contributed by atoms with Crippen LogP contribution in [0.3, 0.4) is 0 Å². The van der Waals surface area contributed by atoms with Gasteiger partial charge in [0.05, 0.1) is 5.52 Å². The van der Waals surface area contributed by atoms with Crippen LogP contribution in [0.15, 0.2) is 18.2 Å². The minimum absolute atomic E-state index is 0.152. The van der Waals surface area contributed by atoms with Gasteiger partial charge in [0.25, 0.3) is 0 Å². The fourth-order valence-electron chi connectivity index (χ4n) is 2.42. The van der Waals surface area contributed by atoms with E-state index in [0.29, 0.717) is 10.3 Å². The van der Waals surface area contributed by atoms with Crippen molar-refractivity contribution in [2.45, 2.75) is 38.0 Å². The van der Waals surface area contributed by atoms with E-state index < -0.39 is 0 Å². The first-order chi connectivity index (χ1) is 9.06. The van der Waals surface area contributed by atoms with Crippen LogP contribution in [0.4, 0.5) is 4.39 Å². The Balaban J connectivity index is 2.54. The van der Waals surface area contributed by atoms with Gasteiger partial charge in [0.2, 0.25) is 0 Å². The first-order valence-corrected chi connectivity index (χ1v) is 8.12. The fraction of sp³-hybridized carbons (Fsp3) is 0.500. The number of benzene rings is 1. The van der Waals surface area contributed by atoms with E-state index in [2.05, 4.69) is 25.1 Å². The molecule has 0 amide bonds. The molecule has 0 aliphatic carbocycles. The summed E-state index contributed by atoms with van der Waals surface area (Å²) >= 11 is 7.22. The predicted molar refractivity (Wildman–Crippen MR) is 83.9 cm³/mol. The number of hydrogen-bond acceptors (Lipinski definition) is 2. The van der Waals surface area contributed by atoms with Crippen molar-refractivity contribution in [2.24, 2.45) is 0 Å². The molecule has 19 heavy (non-hydrogen) atoms. The number of imidazole rings is 1. The first-order valence-electron chi connectivity index (χ1n) is 6.49. The van der Waals surface area contributed by atoms with Crippen LogP contribution in [0, 0.1) is 10.6 Å². The standard InChI is InChI=1S/C14H19FN2S2/c1-4-14(5-2,19-3)9-17-11-8-6-7-10(15)12(11)16-13(17)18/h6-8H,4-5,9H2,1-3H3,(H,16,18). The van der Waals surface area contributed by atoms with E-state index in [1.165, 1.54) is 6.07 Å². The molecular weight excluding hydrogens is 279 g/mol. The van der Waals surface area contributed by atoms with Gasteiger partial charge in [-0.05, 0) is 43.4 Å². The Kier molecular flexibility index (Phi) is 4.36. The number of aromatic amines is 1. The Morgan fingerprint density at radius 1 is 1.37 bits per heavy atom. The van der Waals surface area contributed by atoms with Crippen molar-refractivity contribution >= 4 is 35.0 Å². The van der Waals surface area contributed by atoms with Crippen molar-refractivity contribution in [3.63, 3.8) is 0 Å². The van der Waals surface area contributed by atoms with Crippen molar-refractivity contribution in [1.82, 2.24) is 9.55 Å². The molecule has 2 rings (SSSR count). The molecule has 0 bridgehead atoms. The van der Waals surface area contributed by atoms with E-state index in [-0.39, 0.29) is 10.6 Å². The van der Waals surface area contributed by atoms with Crippen LogP contribution in [-0.2, 0) is 6.54 Å². The summed E-state index contributed by atoms with van der Waals surface area (Å²) in [5, 5.41) is 0. The summed E-state index contributed by atoms with van der Waals surface area (Å²) in [7, 11) is 0. The van der Waals surface area contributed by atoms with Gasteiger partial charge in [0.15, 0.2) is 4.77 Å². The summed E-state index contributed by atoms with van der Waals surface area (Å²) in [5.74, 6) is -0.245. The maximum atomic E-state index is 13.8. The topological polar surface area (TPSA) is 20.7 Å². The Hall–Kier alpha value is -0.810. The smallest absolute Gasteiger partial charge is 0.178 e. The number of nitrogens with one attached hydrogen (secondary N) is 1. The molecule has 0 saturated carbocycles. The van der Waals surface area contributed by atoms with Crippen LogP contribution in [0.2, 0.25) is 0 Å². The number of para-hydroxylation sites is 1. The maximum absolute atomic E-state index is 13.8. The highest BCUT2D eigenvalue weighted by Crippen LogP contribution is 2.33. The highest BCUT2D eigenvalue weighted by Gasteiger charge is 2.26. The van der Waals surface area contributed by atoms with Crippen molar-refractivity contribution < 1.29 is 4.39 Å². The fourth-order valence-corrected chi connectivity index (χ4v) is 3.52. The second-order valence-electron chi connectivity index (χ2n) is 4.74. The van der Waals surface area contributed by atoms with Gasteiger partial charge in [-0.3, -0.25) is 0 Å². The van der Waals surface area contributed by atoms with Gasteiger partial charge >= 0.3 is 0 Å². The molecule has 0 aliphatic heterocycles. The number of thioether (sulfide) groups is 1. The Morgan fingerprint density at radius 2 is 2.05 bits per heavy atom. The van der Waals surface area contributed by atoms with Gasteiger partial charge in [0.1, 0.15) is 11.3 Å². The molecule has 1 N–H and O–H groups in total. The molecule has 0 atom stereocenters. The number of aromatic nitrogens is 2. The molecule has 0 fully saturated rings. The average Bonchev–Trinajstić information content (AvgIpc) is 2.74. The van der Waals surface area contributed by atoms with Crippen LogP contribution < -0.4 is 0 Å². The van der Waals surface area contributed by atoms with E-state index in [0.717, 1.165) is 24.9 Å². The number of fused-ring (bicyclic) bond motifs is 1. The van der Waals surface area contributed by atoms with Crippen LogP contribution in [-0.4, -0.2) is 20.6 Å². The molecule has 1 aromatic carbocycles. The normalized spacial score (nSPS) is 12.2. The molecule has 0 radical (unpaired) electrons. The van der Waals surface area contributed by atoms with Crippen LogP contribution >= 0.6 is 24.0 Å². The minimum atomic E-state index is -0.245. The first kappa shape index (κ1) is 14.6. The SMILES string of the molecule is CCC(CC)(Cn1c(=S)[nH]c2c(F)cccc21)SC. The maximum Gasteiger partial charge on any atom is 0.178 e. The lowest BCUT2D eigenvalue weighted by atomic mass is 10.0. The second-order valence-corrected chi connectivity index (χ2v) is 6.41. The van der Waals surface area contributed by atoms with Gasteiger partial charge in [-0.2, -0.15) is 11.8 Å². The molecule has 0 unspecified atom stereocenters. The van der Waals surface area contributed by atoms with Crippen molar-refractivity contribution in [1.29, 1.82) is 0 Å². The quantitative estimate of drug-likeness (QED) is 0.803. The number of nitrogens with zero attached hydrogens (tertiary/aromatic N) is 1.